The van der Waals surface area contributed by atoms with Crippen molar-refractivity contribution in [1.82, 2.24) is 9.55 Å². The van der Waals surface area contributed by atoms with E-state index < -0.39 is 41.4 Å². The molecule has 0 spiro atoms. The molecule has 2 amide bonds. The van der Waals surface area contributed by atoms with E-state index in [1.54, 1.807) is 6.92 Å². The van der Waals surface area contributed by atoms with E-state index in [9.17, 15) is 31.5 Å². The number of rotatable bonds is 3. The number of halogens is 5. The first-order valence-corrected chi connectivity index (χ1v) is 9.38. The van der Waals surface area contributed by atoms with Crippen molar-refractivity contribution in [3.8, 4) is 0 Å². The number of fused-ring (bicyclic) bond motifs is 1. The van der Waals surface area contributed by atoms with Crippen LogP contribution < -0.4 is 10.2 Å². The smallest absolute Gasteiger partial charge is 0.320 e. The minimum atomic E-state index is -4.53. The minimum Gasteiger partial charge on any atom is -0.320 e. The zero-order valence-corrected chi connectivity index (χ0v) is 16.5. The van der Waals surface area contributed by atoms with Crippen molar-refractivity contribution in [2.45, 2.75) is 19.1 Å². The summed E-state index contributed by atoms with van der Waals surface area (Å²) in [5, 5.41) is 2.38. The van der Waals surface area contributed by atoms with E-state index in [-0.39, 0.29) is 29.2 Å². The Labute approximate surface area is 178 Å². The zero-order chi connectivity index (χ0) is 23.2. The second-order valence-electron chi connectivity index (χ2n) is 7.25. The highest BCUT2D eigenvalue weighted by atomic mass is 19.4. The SMILES string of the molecule is C[C@H]1CN(c2ccc(C(F)(F)F)cc2)C(=O)c2c(NC(=O)c3cncc(F)c3)cc(F)n21. The molecule has 4 rings (SSSR count). The van der Waals surface area contributed by atoms with Crippen LogP contribution in [-0.2, 0) is 6.18 Å². The molecular formula is C21H15F5N4O2. The summed E-state index contributed by atoms with van der Waals surface area (Å²) in [4.78, 5) is 30.4. The van der Waals surface area contributed by atoms with Crippen molar-refractivity contribution in [2.24, 2.45) is 0 Å². The van der Waals surface area contributed by atoms with Gasteiger partial charge in [-0.2, -0.15) is 17.6 Å². The van der Waals surface area contributed by atoms with Crippen molar-refractivity contribution in [1.29, 1.82) is 0 Å². The lowest BCUT2D eigenvalue weighted by molar-refractivity contribution is -0.137. The molecule has 1 aliphatic heterocycles. The largest absolute Gasteiger partial charge is 0.416 e. The Bertz CT molecular complexity index is 1200. The van der Waals surface area contributed by atoms with Gasteiger partial charge in [0.15, 0.2) is 5.95 Å². The van der Waals surface area contributed by atoms with Crippen LogP contribution in [0.3, 0.4) is 0 Å². The molecule has 3 heterocycles. The molecule has 1 N–H and O–H groups in total. The van der Waals surface area contributed by atoms with Gasteiger partial charge in [-0.3, -0.25) is 14.6 Å². The van der Waals surface area contributed by atoms with Crippen molar-refractivity contribution < 1.29 is 31.5 Å². The van der Waals surface area contributed by atoms with Gasteiger partial charge in [-0.25, -0.2) is 4.39 Å². The fourth-order valence-corrected chi connectivity index (χ4v) is 3.58. The zero-order valence-electron chi connectivity index (χ0n) is 16.5. The first kappa shape index (κ1) is 21.5. The maximum absolute atomic E-state index is 14.6. The second kappa shape index (κ2) is 7.74. The van der Waals surface area contributed by atoms with Gasteiger partial charge in [0.05, 0.1) is 29.1 Å². The van der Waals surface area contributed by atoms with Gasteiger partial charge in [0.25, 0.3) is 11.8 Å². The Hall–Kier alpha value is -3.76. The Morgan fingerprint density at radius 3 is 2.44 bits per heavy atom. The summed E-state index contributed by atoms with van der Waals surface area (Å²) >= 11 is 0. The summed E-state index contributed by atoms with van der Waals surface area (Å²) in [6, 6.07) is 5.32. The first-order chi connectivity index (χ1) is 15.1. The summed E-state index contributed by atoms with van der Waals surface area (Å²) in [6.07, 6.45) is -2.52. The molecule has 1 aliphatic rings. The summed E-state index contributed by atoms with van der Waals surface area (Å²) in [5.41, 5.74) is -1.15. The van der Waals surface area contributed by atoms with Crippen molar-refractivity contribution in [3.05, 3.63) is 77.4 Å². The number of hydrogen-bond acceptors (Lipinski definition) is 3. The van der Waals surface area contributed by atoms with E-state index in [1.807, 2.05) is 0 Å². The fraction of sp³-hybridized carbons (Fsp3) is 0.190. The highest BCUT2D eigenvalue weighted by Crippen LogP contribution is 2.35. The van der Waals surface area contributed by atoms with Crippen molar-refractivity contribution in [2.75, 3.05) is 16.8 Å². The number of anilines is 2. The normalized spacial score (nSPS) is 16.1. The standard InChI is InChI=1S/C21H15F5N4O2/c1-11-10-29(15-4-2-13(3-5-15)21(24,25)26)20(32)18-16(7-17(23)30(11)18)28-19(31)12-6-14(22)9-27-8-12/h2-9,11H,10H2,1H3,(H,28,31)/t11-/m0/s1. The van der Waals surface area contributed by atoms with Gasteiger partial charge in [0.1, 0.15) is 11.5 Å². The minimum absolute atomic E-state index is 0.00397. The summed E-state index contributed by atoms with van der Waals surface area (Å²) in [5.74, 6) is -3.04. The topological polar surface area (TPSA) is 67.2 Å². The summed E-state index contributed by atoms with van der Waals surface area (Å²) in [6.45, 7) is 1.63. The van der Waals surface area contributed by atoms with Crippen molar-refractivity contribution >= 4 is 23.2 Å². The average Bonchev–Trinajstić information content (AvgIpc) is 3.06. The van der Waals surface area contributed by atoms with Crippen LogP contribution in [0.5, 0.6) is 0 Å². The van der Waals surface area contributed by atoms with Crippen LogP contribution in [-0.4, -0.2) is 27.9 Å². The molecule has 0 radical (unpaired) electrons. The van der Waals surface area contributed by atoms with Gasteiger partial charge in [-0.15, -0.1) is 0 Å². The number of amides is 2. The molecule has 0 saturated carbocycles. The number of nitrogens with one attached hydrogen (secondary N) is 1. The predicted molar refractivity (Wildman–Crippen MR) is 104 cm³/mol. The van der Waals surface area contributed by atoms with Gasteiger partial charge in [0, 0.05) is 24.5 Å². The Kier molecular flexibility index (Phi) is 5.19. The van der Waals surface area contributed by atoms with Crippen LogP contribution >= 0.6 is 0 Å². The number of alkyl halides is 3. The van der Waals surface area contributed by atoms with Crippen LogP contribution in [0.1, 0.15) is 39.4 Å². The van der Waals surface area contributed by atoms with Crippen LogP contribution in [0.25, 0.3) is 0 Å². The molecule has 0 saturated heterocycles. The molecule has 1 atom stereocenters. The van der Waals surface area contributed by atoms with Crippen molar-refractivity contribution in [3.63, 3.8) is 0 Å². The van der Waals surface area contributed by atoms with Crippen LogP contribution in [0, 0.1) is 11.8 Å². The van der Waals surface area contributed by atoms with E-state index in [4.69, 9.17) is 0 Å². The molecule has 11 heteroatoms. The number of carbonyl (C=O) groups excluding carboxylic acids is 2. The summed E-state index contributed by atoms with van der Waals surface area (Å²) < 4.78 is 67.6. The fourth-order valence-electron chi connectivity index (χ4n) is 3.58. The van der Waals surface area contributed by atoms with Gasteiger partial charge in [-0.05, 0) is 37.3 Å². The van der Waals surface area contributed by atoms with Gasteiger partial charge < -0.3 is 14.8 Å². The molecule has 0 aliphatic carbocycles. The van der Waals surface area contributed by atoms with Gasteiger partial charge in [0.2, 0.25) is 0 Å². The van der Waals surface area contributed by atoms with Gasteiger partial charge >= 0.3 is 6.18 Å². The Balaban J connectivity index is 1.68. The van der Waals surface area contributed by atoms with Gasteiger partial charge in [-0.1, -0.05) is 0 Å². The molecule has 6 nitrogen and oxygen atoms in total. The van der Waals surface area contributed by atoms with E-state index >= 15 is 0 Å². The lowest BCUT2D eigenvalue weighted by Crippen LogP contribution is -2.43. The van der Waals surface area contributed by atoms with E-state index in [1.165, 1.54) is 4.90 Å². The van der Waals surface area contributed by atoms with E-state index in [0.717, 1.165) is 53.4 Å². The number of pyridine rings is 1. The molecule has 3 aromatic rings. The number of benzene rings is 1. The van der Waals surface area contributed by atoms with Crippen LogP contribution in [0.4, 0.5) is 33.3 Å². The lowest BCUT2D eigenvalue weighted by Gasteiger charge is -2.33. The molecule has 0 unspecified atom stereocenters. The maximum Gasteiger partial charge on any atom is 0.416 e. The molecule has 0 fully saturated rings. The number of hydrogen-bond donors (Lipinski definition) is 1. The van der Waals surface area contributed by atoms with E-state index in [0.29, 0.717) is 0 Å². The number of carbonyl (C=O) groups is 2. The Morgan fingerprint density at radius 1 is 1.12 bits per heavy atom. The molecule has 32 heavy (non-hydrogen) atoms. The molecule has 2 aromatic heterocycles. The predicted octanol–water partition coefficient (Wildman–Crippen LogP) is 4.65. The molecular weight excluding hydrogens is 435 g/mol. The van der Waals surface area contributed by atoms with Crippen LogP contribution in [0.15, 0.2) is 48.8 Å². The third-order valence-electron chi connectivity index (χ3n) is 5.05. The molecule has 1 aromatic carbocycles. The third-order valence-corrected chi connectivity index (χ3v) is 5.05. The first-order valence-electron chi connectivity index (χ1n) is 9.38. The second-order valence-corrected chi connectivity index (χ2v) is 7.25. The lowest BCUT2D eigenvalue weighted by atomic mass is 10.1. The highest BCUT2D eigenvalue weighted by molar-refractivity contribution is 6.13. The monoisotopic (exact) mass is 450 g/mol. The molecule has 0 bridgehead atoms. The highest BCUT2D eigenvalue weighted by Gasteiger charge is 2.36. The quantitative estimate of drug-likeness (QED) is 0.591. The average molecular weight is 450 g/mol. The van der Waals surface area contributed by atoms with Crippen LogP contribution in [0.2, 0.25) is 0 Å². The third kappa shape index (κ3) is 3.81. The van der Waals surface area contributed by atoms with E-state index in [2.05, 4.69) is 10.3 Å². The number of nitrogens with zero attached hydrogens (tertiary/aromatic N) is 3. The molecule has 166 valence electrons. The number of aromatic nitrogens is 2. The maximum atomic E-state index is 14.6. The Morgan fingerprint density at radius 2 is 1.81 bits per heavy atom. The summed E-state index contributed by atoms with van der Waals surface area (Å²) in [7, 11) is 0.